The van der Waals surface area contributed by atoms with E-state index in [0.717, 1.165) is 0 Å². The van der Waals surface area contributed by atoms with Crippen LogP contribution in [0.4, 0.5) is 15.2 Å². The first-order valence-corrected chi connectivity index (χ1v) is 9.91. The normalized spacial score (nSPS) is 10.3. The molecule has 0 bridgehead atoms. The number of hydrogen-bond donors (Lipinski definition) is 2. The fraction of sp³-hybridized carbons (Fsp3) is 0.143. The largest absolute Gasteiger partial charge is 0.462 e. The van der Waals surface area contributed by atoms with Crippen LogP contribution in [-0.2, 0) is 16.0 Å². The lowest BCUT2D eigenvalue weighted by Crippen LogP contribution is -2.15. The average molecular weight is 427 g/mol. The summed E-state index contributed by atoms with van der Waals surface area (Å²) in [6.45, 7) is 2.02. The lowest BCUT2D eigenvalue weighted by Gasteiger charge is -2.06. The van der Waals surface area contributed by atoms with Crippen LogP contribution in [0.1, 0.15) is 33.3 Å². The third kappa shape index (κ3) is 5.71. The van der Waals surface area contributed by atoms with Crippen molar-refractivity contribution in [2.24, 2.45) is 0 Å². The van der Waals surface area contributed by atoms with Gasteiger partial charge in [-0.3, -0.25) is 14.9 Å². The van der Waals surface area contributed by atoms with Gasteiger partial charge < -0.3 is 10.1 Å². The van der Waals surface area contributed by atoms with Gasteiger partial charge in [-0.15, -0.1) is 11.3 Å². The number of thiazole rings is 1. The second-order valence-electron chi connectivity index (χ2n) is 6.13. The Kier molecular flexibility index (Phi) is 6.87. The molecule has 0 fully saturated rings. The highest BCUT2D eigenvalue weighted by atomic mass is 32.1. The molecule has 0 aliphatic heterocycles. The van der Waals surface area contributed by atoms with Crippen molar-refractivity contribution >= 4 is 39.9 Å². The lowest BCUT2D eigenvalue weighted by molar-refractivity contribution is -0.115. The molecule has 9 heteroatoms. The third-order valence-corrected chi connectivity index (χ3v) is 4.71. The first-order chi connectivity index (χ1) is 14.4. The van der Waals surface area contributed by atoms with Gasteiger partial charge in [-0.2, -0.15) is 0 Å². The standard InChI is InChI=1S/C21H18FN3O4S/c1-2-29-20(28)14-5-9-16(10-6-14)23-18(26)11-17-12-30-21(24-17)25-19(27)13-3-7-15(22)8-4-13/h3-10,12H,2,11H2,1H3,(H,23,26)(H,24,25,27). The summed E-state index contributed by atoms with van der Waals surface area (Å²) in [5.41, 5.74) is 1.73. The van der Waals surface area contributed by atoms with Crippen LogP contribution in [0.25, 0.3) is 0 Å². The maximum atomic E-state index is 12.9. The summed E-state index contributed by atoms with van der Waals surface area (Å²) in [7, 11) is 0. The summed E-state index contributed by atoms with van der Waals surface area (Å²) < 4.78 is 17.9. The Balaban J connectivity index is 1.54. The molecule has 1 heterocycles. The minimum Gasteiger partial charge on any atom is -0.462 e. The van der Waals surface area contributed by atoms with Crippen molar-refractivity contribution in [3.8, 4) is 0 Å². The quantitative estimate of drug-likeness (QED) is 0.558. The van der Waals surface area contributed by atoms with Gasteiger partial charge in [0, 0.05) is 16.6 Å². The van der Waals surface area contributed by atoms with Crippen LogP contribution in [0, 0.1) is 5.82 Å². The van der Waals surface area contributed by atoms with Crippen molar-refractivity contribution < 1.29 is 23.5 Å². The molecule has 0 atom stereocenters. The highest BCUT2D eigenvalue weighted by molar-refractivity contribution is 7.14. The van der Waals surface area contributed by atoms with E-state index in [1.165, 1.54) is 35.6 Å². The van der Waals surface area contributed by atoms with Crippen LogP contribution in [0.5, 0.6) is 0 Å². The number of hydrogen-bond acceptors (Lipinski definition) is 6. The summed E-state index contributed by atoms with van der Waals surface area (Å²) >= 11 is 1.19. The van der Waals surface area contributed by atoms with Gasteiger partial charge in [0.15, 0.2) is 5.13 Å². The Morgan fingerprint density at radius 2 is 1.67 bits per heavy atom. The van der Waals surface area contributed by atoms with Gasteiger partial charge >= 0.3 is 5.97 Å². The summed E-state index contributed by atoms with van der Waals surface area (Å²) in [4.78, 5) is 40.2. The highest BCUT2D eigenvalue weighted by Gasteiger charge is 2.12. The Bertz CT molecular complexity index is 1050. The predicted octanol–water partition coefficient (Wildman–Crippen LogP) is 3.89. The third-order valence-electron chi connectivity index (χ3n) is 3.90. The first-order valence-electron chi connectivity index (χ1n) is 9.03. The summed E-state index contributed by atoms with van der Waals surface area (Å²) in [6, 6.07) is 11.5. The molecular weight excluding hydrogens is 409 g/mol. The van der Waals surface area contributed by atoms with Crippen LogP contribution in [0.3, 0.4) is 0 Å². The molecule has 2 amide bonds. The summed E-state index contributed by atoms with van der Waals surface area (Å²) in [5.74, 6) is -1.56. The topological polar surface area (TPSA) is 97.4 Å². The molecule has 0 aliphatic carbocycles. The zero-order chi connectivity index (χ0) is 21.5. The molecular formula is C21H18FN3O4S. The fourth-order valence-electron chi connectivity index (χ4n) is 2.49. The zero-order valence-electron chi connectivity index (χ0n) is 16.0. The monoisotopic (exact) mass is 427 g/mol. The second kappa shape index (κ2) is 9.75. The smallest absolute Gasteiger partial charge is 0.338 e. The van der Waals surface area contributed by atoms with Gasteiger partial charge in [-0.25, -0.2) is 14.2 Å². The minimum absolute atomic E-state index is 0.0164. The van der Waals surface area contributed by atoms with E-state index in [0.29, 0.717) is 27.6 Å². The number of halogens is 1. The Hall–Kier alpha value is -3.59. The molecule has 154 valence electrons. The van der Waals surface area contributed by atoms with Gasteiger partial charge in [0.1, 0.15) is 5.82 Å². The number of esters is 1. The van der Waals surface area contributed by atoms with E-state index in [-0.39, 0.29) is 18.9 Å². The molecule has 7 nitrogen and oxygen atoms in total. The van der Waals surface area contributed by atoms with Gasteiger partial charge in [0.25, 0.3) is 5.91 Å². The molecule has 2 aromatic carbocycles. The average Bonchev–Trinajstić information content (AvgIpc) is 3.15. The van der Waals surface area contributed by atoms with E-state index in [1.807, 2.05) is 0 Å². The Morgan fingerprint density at radius 3 is 2.33 bits per heavy atom. The summed E-state index contributed by atoms with van der Waals surface area (Å²) in [5, 5.41) is 7.35. The Labute approximate surface area is 175 Å². The Morgan fingerprint density at radius 1 is 1.00 bits per heavy atom. The molecule has 1 aromatic heterocycles. The number of carbonyl (C=O) groups is 3. The molecule has 3 rings (SSSR count). The van der Waals surface area contributed by atoms with Gasteiger partial charge in [0.05, 0.1) is 24.3 Å². The number of nitrogens with zero attached hydrogens (tertiary/aromatic N) is 1. The number of amides is 2. The van der Waals surface area contributed by atoms with E-state index in [2.05, 4.69) is 15.6 Å². The minimum atomic E-state index is -0.426. The van der Waals surface area contributed by atoms with Crippen molar-refractivity contribution in [3.05, 3.63) is 76.5 Å². The van der Waals surface area contributed by atoms with Gasteiger partial charge in [-0.1, -0.05) is 0 Å². The van der Waals surface area contributed by atoms with Crippen molar-refractivity contribution in [2.45, 2.75) is 13.3 Å². The molecule has 3 aromatic rings. The van der Waals surface area contributed by atoms with Crippen molar-refractivity contribution in [3.63, 3.8) is 0 Å². The number of anilines is 2. The predicted molar refractivity (Wildman–Crippen MR) is 111 cm³/mol. The van der Waals surface area contributed by atoms with Crippen LogP contribution in [0.15, 0.2) is 53.9 Å². The number of aromatic nitrogens is 1. The van der Waals surface area contributed by atoms with Gasteiger partial charge in [0.2, 0.25) is 5.91 Å². The number of rotatable bonds is 7. The number of nitrogens with one attached hydrogen (secondary N) is 2. The SMILES string of the molecule is CCOC(=O)c1ccc(NC(=O)Cc2csc(NC(=O)c3ccc(F)cc3)n2)cc1. The maximum Gasteiger partial charge on any atom is 0.338 e. The molecule has 2 N–H and O–H groups in total. The molecule has 0 saturated carbocycles. The number of carbonyl (C=O) groups excluding carboxylic acids is 3. The fourth-order valence-corrected chi connectivity index (χ4v) is 3.20. The molecule has 0 aliphatic rings. The van der Waals surface area contributed by atoms with E-state index in [1.54, 1.807) is 36.6 Å². The number of benzene rings is 2. The van der Waals surface area contributed by atoms with Crippen LogP contribution in [0.2, 0.25) is 0 Å². The first kappa shape index (κ1) is 21.1. The number of ether oxygens (including phenoxy) is 1. The van der Waals surface area contributed by atoms with Crippen LogP contribution >= 0.6 is 11.3 Å². The van der Waals surface area contributed by atoms with Crippen molar-refractivity contribution in [2.75, 3.05) is 17.2 Å². The van der Waals surface area contributed by atoms with Crippen LogP contribution in [-0.4, -0.2) is 29.4 Å². The van der Waals surface area contributed by atoms with E-state index in [9.17, 15) is 18.8 Å². The highest BCUT2D eigenvalue weighted by Crippen LogP contribution is 2.18. The van der Waals surface area contributed by atoms with E-state index in [4.69, 9.17) is 4.74 Å². The lowest BCUT2D eigenvalue weighted by atomic mass is 10.2. The molecule has 30 heavy (non-hydrogen) atoms. The molecule has 0 unspecified atom stereocenters. The maximum absolute atomic E-state index is 12.9. The van der Waals surface area contributed by atoms with Crippen molar-refractivity contribution in [1.29, 1.82) is 0 Å². The molecule has 0 saturated heterocycles. The zero-order valence-corrected chi connectivity index (χ0v) is 16.8. The summed E-state index contributed by atoms with van der Waals surface area (Å²) in [6.07, 6.45) is 0.0164. The van der Waals surface area contributed by atoms with E-state index < -0.39 is 17.7 Å². The molecule has 0 radical (unpaired) electrons. The van der Waals surface area contributed by atoms with Gasteiger partial charge in [-0.05, 0) is 55.5 Å². The van der Waals surface area contributed by atoms with Crippen molar-refractivity contribution in [1.82, 2.24) is 4.98 Å². The molecule has 0 spiro atoms. The second-order valence-corrected chi connectivity index (χ2v) is 6.99. The van der Waals surface area contributed by atoms with E-state index >= 15 is 0 Å². The van der Waals surface area contributed by atoms with Crippen LogP contribution < -0.4 is 10.6 Å².